The lowest BCUT2D eigenvalue weighted by atomic mass is 9.85. The minimum absolute atomic E-state index is 0.492. The van der Waals surface area contributed by atoms with E-state index in [-0.39, 0.29) is 0 Å². The van der Waals surface area contributed by atoms with Crippen molar-refractivity contribution >= 4 is 16.0 Å². The van der Waals surface area contributed by atoms with E-state index in [0.29, 0.717) is 0 Å². The van der Waals surface area contributed by atoms with Crippen LogP contribution in [0.3, 0.4) is 0 Å². The number of sulfonamides is 1. The molecular weight excluding hydrogens is 839 g/mol. The predicted octanol–water partition coefficient (Wildman–Crippen LogP) is 7.55. The molecule has 0 aromatic carbocycles. The number of carboxylic acid groups (broad SMARTS) is 1. The fourth-order valence-electron chi connectivity index (χ4n) is 3.40. The summed E-state index contributed by atoms with van der Waals surface area (Å²) in [6.45, 7) is -4.14. The van der Waals surface area contributed by atoms with Gasteiger partial charge in [0.2, 0.25) is 0 Å². The molecule has 0 aromatic heterocycles. The van der Waals surface area contributed by atoms with E-state index in [2.05, 4.69) is 0 Å². The predicted molar refractivity (Wildman–Crippen MR) is 116 cm³/mol. The van der Waals surface area contributed by atoms with Crippen LogP contribution in [0.4, 0.5) is 110 Å². The van der Waals surface area contributed by atoms with E-state index >= 15 is 0 Å². The number of carbonyl (C=O) groups is 1. The highest BCUT2D eigenvalue weighted by Crippen LogP contribution is 2.68. The van der Waals surface area contributed by atoms with Crippen molar-refractivity contribution in [3.05, 3.63) is 0 Å². The molecule has 0 saturated carbocycles. The number of rotatable bonds is 19. The number of nitrogens with zero attached hydrogens (tertiary/aromatic N) is 2. The number of carboxylic acids is 1. The van der Waals surface area contributed by atoms with Gasteiger partial charge in [-0.2, -0.15) is 114 Å². The lowest BCUT2D eigenvalue weighted by molar-refractivity contribution is -0.480. The third-order valence-electron chi connectivity index (χ3n) is 6.52. The van der Waals surface area contributed by atoms with Crippen LogP contribution in [-0.2, 0) is 14.8 Å². The van der Waals surface area contributed by atoms with Crippen molar-refractivity contribution in [2.75, 3.05) is 33.7 Å². The van der Waals surface area contributed by atoms with Crippen LogP contribution >= 0.6 is 0 Å². The van der Waals surface area contributed by atoms with Crippen LogP contribution in [0.2, 0.25) is 0 Å². The lowest BCUT2D eigenvalue weighted by Crippen LogP contribution is -2.78. The third-order valence-corrected chi connectivity index (χ3v) is 8.47. The van der Waals surface area contributed by atoms with Gasteiger partial charge in [-0.3, -0.25) is 4.79 Å². The molecule has 0 radical (unpaired) electrons. The highest BCUT2D eigenvalue weighted by atomic mass is 32.2. The molecule has 0 rings (SSSR count). The van der Waals surface area contributed by atoms with Gasteiger partial charge in [-0.1, -0.05) is 0 Å². The Morgan fingerprint density at radius 3 is 0.981 bits per heavy atom. The highest BCUT2D eigenvalue weighted by Gasteiger charge is 3.00. The smallest absolute Gasteiger partial charge is 0.460 e. The van der Waals surface area contributed by atoms with Gasteiger partial charge < -0.3 is 10.0 Å². The van der Waals surface area contributed by atoms with Gasteiger partial charge in [-0.05, 0) is 27.1 Å². The summed E-state index contributed by atoms with van der Waals surface area (Å²) in [7, 11) is -5.63. The van der Waals surface area contributed by atoms with Gasteiger partial charge in [-0.15, -0.1) is 0 Å². The highest BCUT2D eigenvalue weighted by molar-refractivity contribution is 7.90. The van der Waals surface area contributed by atoms with Crippen molar-refractivity contribution in [1.29, 1.82) is 0 Å². The maximum absolute atomic E-state index is 14.6. The molecular formula is C20H17F25N2O4S. The molecule has 0 aliphatic rings. The number of alkyl halides is 25. The van der Waals surface area contributed by atoms with E-state index in [1.807, 2.05) is 0 Å². The Labute approximate surface area is 271 Å². The Kier molecular flexibility index (Phi) is 13.1. The average Bonchev–Trinajstić information content (AvgIpc) is 2.92. The van der Waals surface area contributed by atoms with Gasteiger partial charge in [0, 0.05) is 13.1 Å². The molecule has 0 heterocycles. The first kappa shape index (κ1) is 49.6. The quantitative estimate of drug-likeness (QED) is 0.136. The van der Waals surface area contributed by atoms with Crippen LogP contribution in [0.1, 0.15) is 12.8 Å². The zero-order chi connectivity index (χ0) is 42.8. The largest absolute Gasteiger partial charge is 0.481 e. The molecule has 312 valence electrons. The van der Waals surface area contributed by atoms with Gasteiger partial charge in [0.1, 0.15) is 0 Å². The number of hydrogen-bond donors (Lipinski definition) is 1. The van der Waals surface area contributed by atoms with Gasteiger partial charge in [0.05, 0.1) is 6.42 Å². The maximum atomic E-state index is 14.6. The molecule has 0 atom stereocenters. The first-order valence-electron chi connectivity index (χ1n) is 12.3. The summed E-state index contributed by atoms with van der Waals surface area (Å²) in [6, 6.07) is 0. The molecule has 0 aliphatic carbocycles. The minimum Gasteiger partial charge on any atom is -0.481 e. The van der Waals surface area contributed by atoms with Gasteiger partial charge in [0.25, 0.3) is 10.0 Å². The van der Waals surface area contributed by atoms with Crippen LogP contribution in [-0.4, -0.2) is 133 Å². The number of aliphatic carboxylic acids is 1. The van der Waals surface area contributed by atoms with Gasteiger partial charge >= 0.3 is 76.6 Å². The van der Waals surface area contributed by atoms with E-state index in [0.717, 1.165) is 19.0 Å². The van der Waals surface area contributed by atoms with E-state index in [4.69, 9.17) is 5.11 Å². The Balaban J connectivity index is 7.50. The molecule has 0 aliphatic heterocycles. The van der Waals surface area contributed by atoms with Crippen LogP contribution < -0.4 is 0 Å². The summed E-state index contributed by atoms with van der Waals surface area (Å²) in [4.78, 5) is 11.7. The molecule has 0 unspecified atom stereocenters. The van der Waals surface area contributed by atoms with Crippen molar-refractivity contribution < 1.29 is 128 Å². The Hall–Kier alpha value is -2.41. The van der Waals surface area contributed by atoms with Crippen molar-refractivity contribution in [2.24, 2.45) is 0 Å². The second kappa shape index (κ2) is 13.7. The average molecular weight is 856 g/mol. The Morgan fingerprint density at radius 2 is 0.731 bits per heavy atom. The van der Waals surface area contributed by atoms with E-state index in [1.165, 1.54) is 0 Å². The summed E-state index contributed by atoms with van der Waals surface area (Å²) in [5, 5.41) is 0.472. The maximum Gasteiger partial charge on any atom is 0.460 e. The molecule has 0 bridgehead atoms. The summed E-state index contributed by atoms with van der Waals surface area (Å²) in [6.07, 6.45) is -10.9. The van der Waals surface area contributed by atoms with Crippen molar-refractivity contribution in [3.8, 4) is 0 Å². The van der Waals surface area contributed by atoms with Crippen LogP contribution in [0.5, 0.6) is 0 Å². The van der Waals surface area contributed by atoms with Crippen LogP contribution in [0.25, 0.3) is 0 Å². The first-order valence-corrected chi connectivity index (χ1v) is 13.8. The normalized spacial score (nSPS) is 16.2. The first-order chi connectivity index (χ1) is 22.2. The molecule has 32 heteroatoms. The fraction of sp³-hybridized carbons (Fsp3) is 0.950. The zero-order valence-electron chi connectivity index (χ0n) is 24.5. The van der Waals surface area contributed by atoms with Crippen molar-refractivity contribution in [1.82, 2.24) is 9.21 Å². The lowest BCUT2D eigenvalue weighted by Gasteiger charge is -2.45. The molecule has 0 aromatic rings. The molecule has 0 amide bonds. The Bertz CT molecular complexity index is 1390. The van der Waals surface area contributed by atoms with E-state index in [1.54, 1.807) is 0 Å². The summed E-state index contributed by atoms with van der Waals surface area (Å²) in [5.41, 5.74) is 0. The topological polar surface area (TPSA) is 77.9 Å². The fourth-order valence-corrected chi connectivity index (χ4v) is 4.88. The molecule has 0 fully saturated rings. The molecule has 6 nitrogen and oxygen atoms in total. The summed E-state index contributed by atoms with van der Waals surface area (Å²) < 4.78 is 365. The molecule has 0 saturated heterocycles. The van der Waals surface area contributed by atoms with Gasteiger partial charge in [-0.25, -0.2) is 8.42 Å². The standard InChI is InChI=1S/C20H17F25N2O4S/c1-46(2)5-3-6-47(7-4-8(48)49)52(50,51)20(44,45)18(39,40)16(35,36)14(31,32)12(27,28)10(23,24)9(21,22)11(25,26)13(29,30)15(33,34)17(37,38)19(41,42)43/h3-7H2,1-2H3,(H,48,49). The second-order valence-corrected chi connectivity index (χ2v) is 12.4. The summed E-state index contributed by atoms with van der Waals surface area (Å²) in [5.74, 6) is -96.5. The minimum atomic E-state index is -9.80. The summed E-state index contributed by atoms with van der Waals surface area (Å²) >= 11 is 0. The van der Waals surface area contributed by atoms with Gasteiger partial charge in [0.15, 0.2) is 0 Å². The van der Waals surface area contributed by atoms with Crippen LogP contribution in [0.15, 0.2) is 0 Å². The molecule has 1 N–H and O–H groups in total. The molecule has 0 spiro atoms. The molecule has 52 heavy (non-hydrogen) atoms. The van der Waals surface area contributed by atoms with Crippen molar-refractivity contribution in [2.45, 2.75) is 83.5 Å². The number of halogens is 25. The zero-order valence-corrected chi connectivity index (χ0v) is 25.3. The monoisotopic (exact) mass is 856 g/mol. The third kappa shape index (κ3) is 6.87. The van der Waals surface area contributed by atoms with E-state index in [9.17, 15) is 123 Å². The second-order valence-electron chi connectivity index (χ2n) is 10.5. The van der Waals surface area contributed by atoms with E-state index < -0.39 is 123 Å². The SMILES string of the molecule is CN(C)CCCN(CCC(=O)O)S(=O)(=O)C(F)(F)C(F)(F)C(F)(F)C(F)(F)C(F)(F)C(F)(F)C(F)(F)C(F)(F)C(F)(F)C(F)(F)C(F)(F)C(F)(F)F. The van der Waals surface area contributed by atoms with Crippen molar-refractivity contribution in [3.63, 3.8) is 0 Å². The van der Waals surface area contributed by atoms with Crippen LogP contribution in [0, 0.1) is 0 Å². The Morgan fingerprint density at radius 1 is 0.462 bits per heavy atom. The number of hydrogen-bond acceptors (Lipinski definition) is 4.